The number of hydrogen-bond acceptors (Lipinski definition) is 2. The van der Waals surface area contributed by atoms with Crippen molar-refractivity contribution >= 4 is 33.2 Å². The van der Waals surface area contributed by atoms with Crippen LogP contribution in [0.4, 0.5) is 20.2 Å². The number of nitrogens with one attached hydrogen (secondary N) is 1. The Kier molecular flexibility index (Phi) is 4.04. The zero-order chi connectivity index (χ0) is 14.9. The van der Waals surface area contributed by atoms with E-state index in [0.29, 0.717) is 10.2 Å². The molecule has 0 heterocycles. The van der Waals surface area contributed by atoms with E-state index in [2.05, 4.69) is 21.2 Å². The smallest absolute Gasteiger partial charge is 0.258 e. The Morgan fingerprint density at radius 2 is 1.95 bits per heavy atom. The van der Waals surface area contributed by atoms with Gasteiger partial charge in [0.2, 0.25) is 0 Å². The van der Waals surface area contributed by atoms with Crippen molar-refractivity contribution in [2.75, 3.05) is 11.1 Å². The topological polar surface area (TPSA) is 55.1 Å². The third kappa shape index (κ3) is 2.96. The number of rotatable bonds is 2. The average molecular weight is 341 g/mol. The second-order valence-electron chi connectivity index (χ2n) is 4.29. The lowest BCUT2D eigenvalue weighted by Crippen LogP contribution is -2.15. The summed E-state index contributed by atoms with van der Waals surface area (Å²) in [6.07, 6.45) is 0. The van der Waals surface area contributed by atoms with Crippen LogP contribution in [-0.2, 0) is 0 Å². The van der Waals surface area contributed by atoms with E-state index in [4.69, 9.17) is 5.73 Å². The molecule has 1 amide bonds. The maximum Gasteiger partial charge on any atom is 0.258 e. The fraction of sp³-hybridized carbons (Fsp3) is 0.0714. The molecule has 3 N–H and O–H groups in total. The Labute approximate surface area is 122 Å². The molecule has 104 valence electrons. The number of amides is 1. The summed E-state index contributed by atoms with van der Waals surface area (Å²) in [5.41, 5.74) is 5.92. The van der Waals surface area contributed by atoms with E-state index >= 15 is 0 Å². The number of benzene rings is 2. The van der Waals surface area contributed by atoms with Crippen LogP contribution in [0, 0.1) is 18.6 Å². The lowest BCUT2D eigenvalue weighted by molar-refractivity contribution is 0.102. The van der Waals surface area contributed by atoms with Gasteiger partial charge in [-0.1, -0.05) is 6.07 Å². The first-order chi connectivity index (χ1) is 9.38. The molecule has 0 unspecified atom stereocenters. The standard InChI is InChI=1S/C14H11BrF2N2O/c1-7-2-3-12(10(15)4-7)19-14(20)9-5-8(16)6-11(18)13(9)17/h2-6H,18H2,1H3,(H,19,20). The van der Waals surface area contributed by atoms with Crippen molar-refractivity contribution in [2.45, 2.75) is 6.92 Å². The van der Waals surface area contributed by atoms with Gasteiger partial charge in [-0.25, -0.2) is 8.78 Å². The first-order valence-corrected chi connectivity index (χ1v) is 6.50. The summed E-state index contributed by atoms with van der Waals surface area (Å²) in [6, 6.07) is 6.89. The van der Waals surface area contributed by atoms with Gasteiger partial charge < -0.3 is 11.1 Å². The summed E-state index contributed by atoms with van der Waals surface area (Å²) in [5, 5.41) is 2.50. The molecule has 0 bridgehead atoms. The van der Waals surface area contributed by atoms with Crippen molar-refractivity contribution < 1.29 is 13.6 Å². The minimum atomic E-state index is -0.938. The first kappa shape index (κ1) is 14.5. The molecule has 0 fully saturated rings. The normalized spacial score (nSPS) is 10.4. The highest BCUT2D eigenvalue weighted by atomic mass is 79.9. The van der Waals surface area contributed by atoms with Gasteiger partial charge in [-0.05, 0) is 52.7 Å². The maximum atomic E-state index is 13.7. The van der Waals surface area contributed by atoms with Gasteiger partial charge >= 0.3 is 0 Å². The third-order valence-corrected chi connectivity index (χ3v) is 3.34. The van der Waals surface area contributed by atoms with Crippen molar-refractivity contribution in [2.24, 2.45) is 0 Å². The molecule has 0 saturated carbocycles. The molecule has 0 aromatic heterocycles. The number of nitrogens with two attached hydrogens (primary N) is 1. The summed E-state index contributed by atoms with van der Waals surface area (Å²) in [6.45, 7) is 1.89. The van der Waals surface area contributed by atoms with Crippen LogP contribution in [0.5, 0.6) is 0 Å². The summed E-state index contributed by atoms with van der Waals surface area (Å²) in [4.78, 5) is 12.0. The van der Waals surface area contributed by atoms with E-state index < -0.39 is 28.8 Å². The van der Waals surface area contributed by atoms with Gasteiger partial charge in [-0.15, -0.1) is 0 Å². The molecule has 0 spiro atoms. The fourth-order valence-electron chi connectivity index (χ4n) is 1.69. The Morgan fingerprint density at radius 1 is 1.25 bits per heavy atom. The van der Waals surface area contributed by atoms with Gasteiger partial charge in [0.15, 0.2) is 5.82 Å². The first-order valence-electron chi connectivity index (χ1n) is 5.70. The molecule has 0 atom stereocenters. The van der Waals surface area contributed by atoms with E-state index in [1.165, 1.54) is 0 Å². The van der Waals surface area contributed by atoms with Gasteiger partial charge in [0.05, 0.1) is 16.9 Å². The number of carbonyl (C=O) groups excluding carboxylic acids is 1. The van der Waals surface area contributed by atoms with Crippen LogP contribution in [0.2, 0.25) is 0 Å². The second kappa shape index (κ2) is 5.58. The van der Waals surface area contributed by atoms with Crippen LogP contribution in [0.25, 0.3) is 0 Å². The molecule has 0 saturated heterocycles. The number of anilines is 2. The lowest BCUT2D eigenvalue weighted by atomic mass is 10.1. The quantitative estimate of drug-likeness (QED) is 0.815. The number of nitrogen functional groups attached to an aromatic ring is 1. The van der Waals surface area contributed by atoms with Crippen molar-refractivity contribution in [3.8, 4) is 0 Å². The van der Waals surface area contributed by atoms with Crippen molar-refractivity contribution in [3.63, 3.8) is 0 Å². The van der Waals surface area contributed by atoms with E-state index in [9.17, 15) is 13.6 Å². The average Bonchev–Trinajstić information content (AvgIpc) is 2.37. The molecule has 0 aliphatic carbocycles. The summed E-state index contributed by atoms with van der Waals surface area (Å²) in [5.74, 6) is -2.47. The molecule has 0 aliphatic heterocycles. The summed E-state index contributed by atoms with van der Waals surface area (Å²) in [7, 11) is 0. The third-order valence-electron chi connectivity index (χ3n) is 2.68. The zero-order valence-corrected chi connectivity index (χ0v) is 12.1. The Hall–Kier alpha value is -1.95. The predicted molar refractivity (Wildman–Crippen MR) is 77.6 cm³/mol. The molecule has 0 aliphatic rings. The number of halogens is 3. The number of hydrogen-bond donors (Lipinski definition) is 2. The molecule has 2 rings (SSSR count). The second-order valence-corrected chi connectivity index (χ2v) is 5.15. The minimum Gasteiger partial charge on any atom is -0.396 e. The number of carbonyl (C=O) groups is 1. The van der Waals surface area contributed by atoms with Crippen LogP contribution in [-0.4, -0.2) is 5.91 Å². The van der Waals surface area contributed by atoms with Gasteiger partial charge in [-0.2, -0.15) is 0 Å². The van der Waals surface area contributed by atoms with Crippen LogP contribution >= 0.6 is 15.9 Å². The Morgan fingerprint density at radius 3 is 2.60 bits per heavy atom. The van der Waals surface area contributed by atoms with E-state index in [1.54, 1.807) is 18.2 Å². The molecule has 20 heavy (non-hydrogen) atoms. The molecule has 0 radical (unpaired) electrons. The summed E-state index contributed by atoms with van der Waals surface area (Å²) >= 11 is 3.29. The van der Waals surface area contributed by atoms with Gasteiger partial charge in [0, 0.05) is 4.47 Å². The molecule has 2 aromatic carbocycles. The molecule has 6 heteroatoms. The summed E-state index contributed by atoms with van der Waals surface area (Å²) < 4.78 is 27.6. The highest BCUT2D eigenvalue weighted by molar-refractivity contribution is 9.10. The van der Waals surface area contributed by atoms with Crippen LogP contribution in [0.15, 0.2) is 34.8 Å². The monoisotopic (exact) mass is 340 g/mol. The SMILES string of the molecule is Cc1ccc(NC(=O)c2cc(F)cc(N)c2F)c(Br)c1. The highest BCUT2D eigenvalue weighted by Crippen LogP contribution is 2.25. The van der Waals surface area contributed by atoms with Gasteiger partial charge in [0.25, 0.3) is 5.91 Å². The zero-order valence-electron chi connectivity index (χ0n) is 10.5. The Balaban J connectivity index is 2.33. The molecular formula is C14H11BrF2N2O. The van der Waals surface area contributed by atoms with Crippen molar-refractivity contribution in [3.05, 3.63) is 57.6 Å². The highest BCUT2D eigenvalue weighted by Gasteiger charge is 2.17. The van der Waals surface area contributed by atoms with Gasteiger partial charge in [-0.3, -0.25) is 4.79 Å². The molecule has 3 nitrogen and oxygen atoms in total. The van der Waals surface area contributed by atoms with Crippen molar-refractivity contribution in [1.29, 1.82) is 0 Å². The minimum absolute atomic E-state index is 0.405. The van der Waals surface area contributed by atoms with Crippen LogP contribution in [0.3, 0.4) is 0 Å². The van der Waals surface area contributed by atoms with Gasteiger partial charge in [0.1, 0.15) is 5.82 Å². The predicted octanol–water partition coefficient (Wildman–Crippen LogP) is 3.87. The van der Waals surface area contributed by atoms with Crippen LogP contribution in [0.1, 0.15) is 15.9 Å². The van der Waals surface area contributed by atoms with E-state index in [1.807, 2.05) is 6.92 Å². The molecule has 2 aromatic rings. The van der Waals surface area contributed by atoms with E-state index in [-0.39, 0.29) is 0 Å². The Bertz CT molecular complexity index is 689. The van der Waals surface area contributed by atoms with Crippen LogP contribution < -0.4 is 11.1 Å². The van der Waals surface area contributed by atoms with E-state index in [0.717, 1.165) is 17.7 Å². The van der Waals surface area contributed by atoms with Crippen molar-refractivity contribution in [1.82, 2.24) is 0 Å². The molecular weight excluding hydrogens is 330 g/mol. The largest absolute Gasteiger partial charge is 0.396 e. The maximum absolute atomic E-state index is 13.7. The lowest BCUT2D eigenvalue weighted by Gasteiger charge is -2.10. The fourth-order valence-corrected chi connectivity index (χ4v) is 2.28. The number of aryl methyl sites for hydroxylation is 1.